The number of amides is 1. The van der Waals surface area contributed by atoms with Gasteiger partial charge >= 0.3 is 0 Å². The number of hydrogen-bond donors (Lipinski definition) is 1. The summed E-state index contributed by atoms with van der Waals surface area (Å²) in [4.78, 5) is 12.2. The molecule has 6 nitrogen and oxygen atoms in total. The summed E-state index contributed by atoms with van der Waals surface area (Å²) in [7, 11) is 0. The number of nitrogens with one attached hydrogen (secondary N) is 1. The van der Waals surface area contributed by atoms with Gasteiger partial charge in [-0.2, -0.15) is 4.68 Å². The average molecular weight is 408 g/mol. The van der Waals surface area contributed by atoms with Crippen molar-refractivity contribution in [1.82, 2.24) is 20.2 Å². The largest absolute Gasteiger partial charge is 0.325 e. The highest BCUT2D eigenvalue weighted by Gasteiger charge is 2.15. The van der Waals surface area contributed by atoms with Gasteiger partial charge in [-0.3, -0.25) is 4.79 Å². The van der Waals surface area contributed by atoms with E-state index in [2.05, 4.69) is 20.8 Å². The fraction of sp³-hybridized carbons (Fsp3) is 0.176. The molecule has 0 spiro atoms. The third-order valence-electron chi connectivity index (χ3n) is 3.57. The second kappa shape index (κ2) is 8.07. The van der Waals surface area contributed by atoms with Gasteiger partial charge in [0.1, 0.15) is 0 Å². The van der Waals surface area contributed by atoms with Crippen LogP contribution in [0.4, 0.5) is 5.69 Å². The minimum absolute atomic E-state index is 0.148. The fourth-order valence-corrected chi connectivity index (χ4v) is 3.70. The van der Waals surface area contributed by atoms with E-state index in [-0.39, 0.29) is 11.7 Å². The van der Waals surface area contributed by atoms with Crippen molar-refractivity contribution in [2.24, 2.45) is 0 Å². The van der Waals surface area contributed by atoms with Crippen molar-refractivity contribution >= 4 is 46.6 Å². The number of anilines is 1. The van der Waals surface area contributed by atoms with Crippen LogP contribution < -0.4 is 5.32 Å². The molecule has 9 heteroatoms. The van der Waals surface area contributed by atoms with E-state index < -0.39 is 0 Å². The molecular weight excluding hydrogens is 393 g/mol. The normalized spacial score (nSPS) is 10.8. The molecule has 0 fully saturated rings. The van der Waals surface area contributed by atoms with E-state index in [0.717, 1.165) is 16.8 Å². The lowest BCUT2D eigenvalue weighted by Gasteiger charge is -2.10. The van der Waals surface area contributed by atoms with E-state index in [1.54, 1.807) is 22.9 Å². The molecule has 3 aromatic rings. The molecule has 0 bridgehead atoms. The first kappa shape index (κ1) is 18.7. The average Bonchev–Trinajstić information content (AvgIpc) is 3.00. The van der Waals surface area contributed by atoms with Gasteiger partial charge in [0.05, 0.1) is 11.4 Å². The number of carbonyl (C=O) groups is 1. The van der Waals surface area contributed by atoms with Crippen LogP contribution in [-0.2, 0) is 4.79 Å². The molecule has 1 N–H and O–H groups in total. The number of carbonyl (C=O) groups excluding carboxylic acids is 1. The highest BCUT2D eigenvalue weighted by atomic mass is 35.5. The molecule has 26 heavy (non-hydrogen) atoms. The third-order valence-corrected chi connectivity index (χ3v) is 4.93. The Hall–Kier alpha value is -2.09. The summed E-state index contributed by atoms with van der Waals surface area (Å²) in [5, 5.41) is 16.0. The van der Waals surface area contributed by atoms with E-state index in [1.807, 2.05) is 32.0 Å². The van der Waals surface area contributed by atoms with Crippen LogP contribution in [0.25, 0.3) is 5.69 Å². The van der Waals surface area contributed by atoms with Crippen LogP contribution in [0.15, 0.2) is 41.6 Å². The zero-order chi connectivity index (χ0) is 18.7. The monoisotopic (exact) mass is 407 g/mol. The number of hydrogen-bond acceptors (Lipinski definition) is 5. The van der Waals surface area contributed by atoms with Crippen LogP contribution in [0.2, 0.25) is 10.0 Å². The Bertz CT molecular complexity index is 920. The smallest absolute Gasteiger partial charge is 0.234 e. The molecule has 3 rings (SSSR count). The van der Waals surface area contributed by atoms with Gasteiger partial charge in [-0.25, -0.2) is 0 Å². The lowest BCUT2D eigenvalue weighted by atomic mass is 10.1. The number of rotatable bonds is 5. The lowest BCUT2D eigenvalue weighted by Crippen LogP contribution is -2.14. The molecule has 1 aromatic heterocycles. The summed E-state index contributed by atoms with van der Waals surface area (Å²) in [6.45, 7) is 3.99. The van der Waals surface area contributed by atoms with E-state index in [9.17, 15) is 4.79 Å². The Balaban J connectivity index is 1.71. The van der Waals surface area contributed by atoms with Crippen molar-refractivity contribution in [3.05, 3.63) is 57.6 Å². The zero-order valence-corrected chi connectivity index (χ0v) is 16.4. The summed E-state index contributed by atoms with van der Waals surface area (Å²) in [6.07, 6.45) is 0. The van der Waals surface area contributed by atoms with Crippen LogP contribution >= 0.6 is 35.0 Å². The molecule has 0 aliphatic heterocycles. The zero-order valence-electron chi connectivity index (χ0n) is 14.0. The molecule has 0 aliphatic rings. The van der Waals surface area contributed by atoms with Gasteiger partial charge in [-0.15, -0.1) is 5.10 Å². The molecule has 0 saturated carbocycles. The molecule has 0 radical (unpaired) electrons. The minimum Gasteiger partial charge on any atom is -0.325 e. The van der Waals surface area contributed by atoms with Gasteiger partial charge in [0.2, 0.25) is 11.1 Å². The highest BCUT2D eigenvalue weighted by Crippen LogP contribution is 2.25. The van der Waals surface area contributed by atoms with Crippen LogP contribution in [0.1, 0.15) is 11.1 Å². The second-order valence-electron chi connectivity index (χ2n) is 5.61. The maximum atomic E-state index is 12.2. The first-order valence-electron chi connectivity index (χ1n) is 7.68. The topological polar surface area (TPSA) is 72.7 Å². The van der Waals surface area contributed by atoms with Crippen LogP contribution in [0.3, 0.4) is 0 Å². The van der Waals surface area contributed by atoms with E-state index >= 15 is 0 Å². The number of tetrazole rings is 1. The summed E-state index contributed by atoms with van der Waals surface area (Å²) >= 11 is 13.1. The number of aryl methyl sites for hydroxylation is 2. The van der Waals surface area contributed by atoms with Crippen molar-refractivity contribution in [2.45, 2.75) is 19.0 Å². The Morgan fingerprint density at radius 1 is 1.15 bits per heavy atom. The summed E-state index contributed by atoms with van der Waals surface area (Å²) in [6, 6.07) is 10.8. The first-order valence-corrected chi connectivity index (χ1v) is 9.42. The van der Waals surface area contributed by atoms with Crippen LogP contribution in [0.5, 0.6) is 0 Å². The Morgan fingerprint density at radius 3 is 2.46 bits per heavy atom. The van der Waals surface area contributed by atoms with Crippen molar-refractivity contribution < 1.29 is 4.79 Å². The standard InChI is InChI=1S/C17H15Cl2N5OS/c1-10-4-3-5-11(2)16(10)24-17(21-22-23-24)26-9-15(25)20-14-7-12(18)6-13(19)8-14/h3-8H,9H2,1-2H3,(H,20,25). The van der Waals surface area contributed by atoms with Gasteiger partial charge in [-0.1, -0.05) is 53.2 Å². The maximum Gasteiger partial charge on any atom is 0.234 e. The predicted octanol–water partition coefficient (Wildman–Crippen LogP) is 4.32. The quantitative estimate of drug-likeness (QED) is 0.637. The van der Waals surface area contributed by atoms with Crippen molar-refractivity contribution in [1.29, 1.82) is 0 Å². The number of para-hydroxylation sites is 1. The molecule has 0 aliphatic carbocycles. The number of nitrogens with zero attached hydrogens (tertiary/aromatic N) is 4. The van der Waals surface area contributed by atoms with Crippen molar-refractivity contribution in [3.63, 3.8) is 0 Å². The summed E-state index contributed by atoms with van der Waals surface area (Å²) in [5.74, 6) is -0.0560. The van der Waals surface area contributed by atoms with Crippen LogP contribution in [-0.4, -0.2) is 31.9 Å². The molecule has 1 heterocycles. The van der Waals surface area contributed by atoms with E-state index in [0.29, 0.717) is 20.9 Å². The number of halogens is 2. The third kappa shape index (κ3) is 4.35. The number of thioether (sulfide) groups is 1. The lowest BCUT2D eigenvalue weighted by molar-refractivity contribution is -0.113. The maximum absolute atomic E-state index is 12.2. The molecular formula is C17H15Cl2N5OS. The number of benzene rings is 2. The predicted molar refractivity (Wildman–Crippen MR) is 104 cm³/mol. The molecule has 2 aromatic carbocycles. The van der Waals surface area contributed by atoms with E-state index in [4.69, 9.17) is 23.2 Å². The SMILES string of the molecule is Cc1cccc(C)c1-n1nnnc1SCC(=O)Nc1cc(Cl)cc(Cl)c1. The Morgan fingerprint density at radius 2 is 1.81 bits per heavy atom. The molecule has 1 amide bonds. The summed E-state index contributed by atoms with van der Waals surface area (Å²) < 4.78 is 1.65. The fourth-order valence-electron chi connectivity index (χ4n) is 2.50. The van der Waals surface area contributed by atoms with E-state index in [1.165, 1.54) is 11.8 Å². The Kier molecular flexibility index (Phi) is 5.80. The Labute approximate surface area is 164 Å². The summed E-state index contributed by atoms with van der Waals surface area (Å²) in [5.41, 5.74) is 3.57. The highest BCUT2D eigenvalue weighted by molar-refractivity contribution is 7.99. The molecule has 134 valence electrons. The molecule has 0 unspecified atom stereocenters. The van der Waals surface area contributed by atoms with Gasteiger partial charge in [0.15, 0.2) is 0 Å². The van der Waals surface area contributed by atoms with Gasteiger partial charge in [0, 0.05) is 15.7 Å². The van der Waals surface area contributed by atoms with Gasteiger partial charge < -0.3 is 5.32 Å². The molecule has 0 saturated heterocycles. The van der Waals surface area contributed by atoms with Crippen molar-refractivity contribution in [2.75, 3.05) is 11.1 Å². The first-order chi connectivity index (χ1) is 12.4. The van der Waals surface area contributed by atoms with Crippen LogP contribution in [0, 0.1) is 13.8 Å². The van der Waals surface area contributed by atoms with Crippen molar-refractivity contribution in [3.8, 4) is 5.69 Å². The van der Waals surface area contributed by atoms with Gasteiger partial charge in [0.25, 0.3) is 0 Å². The minimum atomic E-state index is -0.204. The number of aromatic nitrogens is 4. The second-order valence-corrected chi connectivity index (χ2v) is 7.42. The molecule has 0 atom stereocenters. The van der Waals surface area contributed by atoms with Gasteiger partial charge in [-0.05, 0) is 53.6 Å².